The molecule has 3 heteroatoms. The van der Waals surface area contributed by atoms with Gasteiger partial charge in [0.2, 0.25) is 0 Å². The van der Waals surface area contributed by atoms with E-state index in [9.17, 15) is 4.39 Å². The summed E-state index contributed by atoms with van der Waals surface area (Å²) in [5.74, 6) is -0.219. The molecule has 0 bridgehead atoms. The minimum atomic E-state index is -0.219. The van der Waals surface area contributed by atoms with Crippen LogP contribution in [0.25, 0.3) is 0 Å². The maximum absolute atomic E-state index is 13.2. The van der Waals surface area contributed by atoms with Crippen LogP contribution in [0.15, 0.2) is 24.3 Å². The zero-order chi connectivity index (χ0) is 12.9. The Bertz CT molecular complexity index is 346. The van der Waals surface area contributed by atoms with Crippen molar-refractivity contribution < 1.29 is 9.13 Å². The Labute approximate surface area is 103 Å². The summed E-state index contributed by atoms with van der Waals surface area (Å²) in [4.78, 5) is 0. The quantitative estimate of drug-likeness (QED) is 0.851. The van der Waals surface area contributed by atoms with Gasteiger partial charge in [0.15, 0.2) is 0 Å². The number of benzene rings is 1. The van der Waals surface area contributed by atoms with Crippen molar-refractivity contribution in [3.63, 3.8) is 0 Å². The molecule has 1 atom stereocenters. The van der Waals surface area contributed by atoms with Gasteiger partial charge in [0.25, 0.3) is 0 Å². The lowest BCUT2D eigenvalue weighted by molar-refractivity contribution is 0.0575. The largest absolute Gasteiger partial charge is 0.372 e. The van der Waals surface area contributed by atoms with Gasteiger partial charge in [-0.15, -0.1) is 0 Å². The molecule has 0 heterocycles. The number of ether oxygens (including phenoxy) is 1. The highest BCUT2D eigenvalue weighted by Gasteiger charge is 2.16. The highest BCUT2D eigenvalue weighted by molar-refractivity contribution is 5.19. The monoisotopic (exact) mass is 239 g/mol. The first-order valence-electron chi connectivity index (χ1n) is 6.04. The minimum absolute atomic E-state index is 0.0304. The number of rotatable bonds is 5. The van der Waals surface area contributed by atoms with Crippen molar-refractivity contribution in [2.24, 2.45) is 0 Å². The van der Waals surface area contributed by atoms with Crippen molar-refractivity contribution in [2.45, 2.75) is 39.3 Å². The van der Waals surface area contributed by atoms with Crippen molar-refractivity contribution >= 4 is 0 Å². The molecule has 0 fully saturated rings. The van der Waals surface area contributed by atoms with Gasteiger partial charge in [0.1, 0.15) is 5.82 Å². The molecule has 1 N–H and O–H groups in total. The molecule has 0 saturated carbocycles. The van der Waals surface area contributed by atoms with Crippen LogP contribution < -0.4 is 5.32 Å². The first-order chi connectivity index (χ1) is 7.92. The number of hydrogen-bond acceptors (Lipinski definition) is 2. The van der Waals surface area contributed by atoms with Gasteiger partial charge in [-0.2, -0.15) is 0 Å². The first-order valence-corrected chi connectivity index (χ1v) is 6.04. The molecule has 0 amide bonds. The lowest BCUT2D eigenvalue weighted by Gasteiger charge is -2.25. The first kappa shape index (κ1) is 14.1. The van der Waals surface area contributed by atoms with Gasteiger partial charge in [0.05, 0.1) is 6.10 Å². The molecule has 1 aromatic carbocycles. The molecule has 0 aromatic heterocycles. The smallest absolute Gasteiger partial charge is 0.123 e. The summed E-state index contributed by atoms with van der Waals surface area (Å²) in [5, 5.41) is 3.38. The molecule has 0 spiro atoms. The second kappa shape index (κ2) is 6.12. The third-order valence-corrected chi connectivity index (χ3v) is 2.41. The average molecular weight is 239 g/mol. The highest BCUT2D eigenvalue weighted by atomic mass is 19.1. The van der Waals surface area contributed by atoms with Crippen LogP contribution in [0.5, 0.6) is 0 Å². The number of hydrogen-bond donors (Lipinski definition) is 1. The standard InChI is InChI=1S/C14H22FNO/c1-5-17-13(10-16-14(2,3)4)11-7-6-8-12(15)9-11/h6-9,13,16H,5,10H2,1-4H3. The predicted octanol–water partition coefficient (Wildman–Crippen LogP) is 3.29. The predicted molar refractivity (Wildman–Crippen MR) is 68.5 cm³/mol. The van der Waals surface area contributed by atoms with Crippen molar-refractivity contribution in [1.82, 2.24) is 5.32 Å². The van der Waals surface area contributed by atoms with Crippen molar-refractivity contribution in [1.29, 1.82) is 0 Å². The summed E-state index contributed by atoms with van der Waals surface area (Å²) in [6.45, 7) is 9.54. The van der Waals surface area contributed by atoms with Crippen molar-refractivity contribution in [2.75, 3.05) is 13.2 Å². The van der Waals surface area contributed by atoms with E-state index in [2.05, 4.69) is 26.1 Å². The molecule has 96 valence electrons. The van der Waals surface area contributed by atoms with Crippen LogP contribution in [0.2, 0.25) is 0 Å². The summed E-state index contributed by atoms with van der Waals surface area (Å²) in [5.41, 5.74) is 0.909. The summed E-state index contributed by atoms with van der Waals surface area (Å²) in [7, 11) is 0. The molecule has 1 rings (SSSR count). The van der Waals surface area contributed by atoms with Crippen LogP contribution in [0.1, 0.15) is 39.4 Å². The number of nitrogens with one attached hydrogen (secondary N) is 1. The van der Waals surface area contributed by atoms with Gasteiger partial charge < -0.3 is 10.1 Å². The van der Waals surface area contributed by atoms with E-state index in [1.54, 1.807) is 6.07 Å². The third kappa shape index (κ3) is 5.29. The zero-order valence-electron chi connectivity index (χ0n) is 11.1. The SMILES string of the molecule is CCOC(CNC(C)(C)C)c1cccc(F)c1. The van der Waals surface area contributed by atoms with Crippen LogP contribution in [0, 0.1) is 5.82 Å². The van der Waals surface area contributed by atoms with Crippen LogP contribution in [-0.4, -0.2) is 18.7 Å². The maximum atomic E-state index is 13.2. The van der Waals surface area contributed by atoms with Gasteiger partial charge in [-0.05, 0) is 45.4 Å². The van der Waals surface area contributed by atoms with Gasteiger partial charge in [-0.1, -0.05) is 12.1 Å². The summed E-state index contributed by atoms with van der Waals surface area (Å²) < 4.78 is 18.8. The van der Waals surface area contributed by atoms with Crippen LogP contribution in [0.4, 0.5) is 4.39 Å². The minimum Gasteiger partial charge on any atom is -0.372 e. The second-order valence-electron chi connectivity index (χ2n) is 5.13. The second-order valence-corrected chi connectivity index (χ2v) is 5.13. The normalized spacial score (nSPS) is 13.7. The molecule has 17 heavy (non-hydrogen) atoms. The lowest BCUT2D eigenvalue weighted by atomic mass is 10.1. The average Bonchev–Trinajstić information content (AvgIpc) is 2.23. The Hall–Kier alpha value is -0.930. The van der Waals surface area contributed by atoms with Crippen LogP contribution in [-0.2, 0) is 4.74 Å². The van der Waals surface area contributed by atoms with Gasteiger partial charge in [-0.3, -0.25) is 0 Å². The summed E-state index contributed by atoms with van der Waals surface area (Å²) >= 11 is 0. The van der Waals surface area contributed by atoms with E-state index < -0.39 is 0 Å². The molecule has 2 nitrogen and oxygen atoms in total. The molecular weight excluding hydrogens is 217 g/mol. The molecular formula is C14H22FNO. The molecule has 1 aromatic rings. The van der Waals surface area contributed by atoms with Crippen LogP contribution >= 0.6 is 0 Å². The highest BCUT2D eigenvalue weighted by Crippen LogP contribution is 2.18. The fourth-order valence-corrected chi connectivity index (χ4v) is 1.58. The fourth-order valence-electron chi connectivity index (χ4n) is 1.58. The Morgan fingerprint density at radius 1 is 1.35 bits per heavy atom. The topological polar surface area (TPSA) is 21.3 Å². The molecule has 0 radical (unpaired) electrons. The molecule has 0 aliphatic heterocycles. The fraction of sp³-hybridized carbons (Fsp3) is 0.571. The Balaban J connectivity index is 2.71. The van der Waals surface area contributed by atoms with E-state index in [1.165, 1.54) is 12.1 Å². The van der Waals surface area contributed by atoms with Gasteiger partial charge in [-0.25, -0.2) is 4.39 Å². The van der Waals surface area contributed by atoms with Crippen molar-refractivity contribution in [3.8, 4) is 0 Å². The third-order valence-electron chi connectivity index (χ3n) is 2.41. The molecule has 0 aliphatic rings. The van der Waals surface area contributed by atoms with Crippen molar-refractivity contribution in [3.05, 3.63) is 35.6 Å². The van der Waals surface area contributed by atoms with Gasteiger partial charge >= 0.3 is 0 Å². The van der Waals surface area contributed by atoms with E-state index >= 15 is 0 Å². The van der Waals surface area contributed by atoms with Gasteiger partial charge in [0, 0.05) is 18.7 Å². The zero-order valence-corrected chi connectivity index (χ0v) is 11.1. The number of halogens is 1. The Morgan fingerprint density at radius 2 is 2.06 bits per heavy atom. The molecule has 1 unspecified atom stereocenters. The van der Waals surface area contributed by atoms with E-state index in [1.807, 2.05) is 13.0 Å². The summed E-state index contributed by atoms with van der Waals surface area (Å²) in [6.07, 6.45) is -0.102. The van der Waals surface area contributed by atoms with Crippen LogP contribution in [0.3, 0.4) is 0 Å². The molecule has 0 aliphatic carbocycles. The van der Waals surface area contributed by atoms with E-state index in [-0.39, 0.29) is 17.5 Å². The van der Waals surface area contributed by atoms with E-state index in [0.717, 1.165) is 5.56 Å². The van der Waals surface area contributed by atoms with E-state index in [4.69, 9.17) is 4.74 Å². The molecule has 0 saturated heterocycles. The van der Waals surface area contributed by atoms with E-state index in [0.29, 0.717) is 13.2 Å². The Kier molecular flexibility index (Phi) is 5.09. The maximum Gasteiger partial charge on any atom is 0.123 e. The summed E-state index contributed by atoms with van der Waals surface area (Å²) in [6, 6.07) is 6.59. The Morgan fingerprint density at radius 3 is 2.59 bits per heavy atom. The lowest BCUT2D eigenvalue weighted by Crippen LogP contribution is -2.39.